The van der Waals surface area contributed by atoms with Gasteiger partial charge in [0.1, 0.15) is 11.6 Å². The van der Waals surface area contributed by atoms with Crippen molar-refractivity contribution in [2.75, 3.05) is 5.32 Å². The van der Waals surface area contributed by atoms with Crippen LogP contribution in [0.5, 0.6) is 0 Å². The van der Waals surface area contributed by atoms with Gasteiger partial charge in [0, 0.05) is 12.6 Å². The molecule has 0 atom stereocenters. The number of carbonyl (C=O) groups excluding carboxylic acids is 1. The number of aromatic carboxylic acids is 1. The number of amides is 1. The zero-order valence-electron chi connectivity index (χ0n) is 10.0. The minimum absolute atomic E-state index is 0.0145. The van der Waals surface area contributed by atoms with Crippen molar-refractivity contribution >= 4 is 17.7 Å². The van der Waals surface area contributed by atoms with E-state index in [1.54, 1.807) is 0 Å². The van der Waals surface area contributed by atoms with Gasteiger partial charge in [-0.15, -0.1) is 5.10 Å². The van der Waals surface area contributed by atoms with Crippen molar-refractivity contribution in [3.63, 3.8) is 0 Å². The summed E-state index contributed by atoms with van der Waals surface area (Å²) in [6, 6.07) is 2.59. The number of H-pyrrole nitrogens is 1. The summed E-state index contributed by atoms with van der Waals surface area (Å²) in [5.41, 5.74) is 0.0366. The van der Waals surface area contributed by atoms with Crippen LogP contribution in [0.3, 0.4) is 0 Å². The van der Waals surface area contributed by atoms with E-state index in [9.17, 15) is 9.59 Å². The minimum atomic E-state index is -1.09. The number of anilines is 1. The summed E-state index contributed by atoms with van der Waals surface area (Å²) in [5.74, 6) is -0.931. The smallest absolute Gasteiger partial charge is 0.335 e. The predicted molar refractivity (Wildman–Crippen MR) is 64.9 cm³/mol. The number of hydrogen-bond donors (Lipinski definition) is 3. The molecule has 0 aliphatic carbocycles. The highest BCUT2D eigenvalue weighted by molar-refractivity contribution is 6.01. The average Bonchev–Trinajstić information content (AvgIpc) is 2.88. The van der Waals surface area contributed by atoms with E-state index in [-0.39, 0.29) is 17.2 Å². The van der Waals surface area contributed by atoms with Gasteiger partial charge in [0.25, 0.3) is 5.91 Å². The average molecular weight is 261 g/mol. The maximum absolute atomic E-state index is 11.8. The summed E-state index contributed by atoms with van der Waals surface area (Å²) in [6.07, 6.45) is 1.93. The molecule has 0 saturated carbocycles. The van der Waals surface area contributed by atoms with Gasteiger partial charge >= 0.3 is 5.97 Å². The van der Waals surface area contributed by atoms with E-state index in [0.717, 1.165) is 0 Å². The third kappa shape index (κ3) is 2.92. The maximum Gasteiger partial charge on any atom is 0.335 e. The normalized spacial score (nSPS) is 10.2. The third-order valence-corrected chi connectivity index (χ3v) is 2.32. The molecule has 2 aromatic heterocycles. The number of carboxylic acid groups (broad SMARTS) is 1. The Morgan fingerprint density at radius 1 is 1.47 bits per heavy atom. The fourth-order valence-corrected chi connectivity index (χ4v) is 1.36. The van der Waals surface area contributed by atoms with Crippen molar-refractivity contribution in [3.8, 4) is 0 Å². The molecule has 0 fully saturated rings. The number of pyridine rings is 1. The van der Waals surface area contributed by atoms with Gasteiger partial charge in [0.05, 0.1) is 5.56 Å². The first-order chi connectivity index (χ1) is 9.10. The lowest BCUT2D eigenvalue weighted by Gasteiger charge is -2.02. The molecule has 0 aromatic carbocycles. The largest absolute Gasteiger partial charge is 0.478 e. The minimum Gasteiger partial charge on any atom is -0.478 e. The predicted octanol–water partition coefficient (Wildman–Crippen LogP) is 0.713. The highest BCUT2D eigenvalue weighted by atomic mass is 16.4. The lowest BCUT2D eigenvalue weighted by molar-refractivity contribution is 0.0696. The van der Waals surface area contributed by atoms with Gasteiger partial charge in [-0.1, -0.05) is 6.92 Å². The molecule has 0 aliphatic heterocycles. The number of nitrogens with zero attached hydrogens (tertiary/aromatic N) is 3. The number of carboxylic acids is 1. The second-order valence-corrected chi connectivity index (χ2v) is 3.65. The van der Waals surface area contributed by atoms with Crippen molar-refractivity contribution in [2.45, 2.75) is 13.3 Å². The number of aromatic amines is 1. The first-order valence-corrected chi connectivity index (χ1v) is 5.52. The van der Waals surface area contributed by atoms with Gasteiger partial charge in [-0.05, 0) is 12.1 Å². The van der Waals surface area contributed by atoms with Crippen LogP contribution in [0.1, 0.15) is 33.7 Å². The zero-order chi connectivity index (χ0) is 13.8. The van der Waals surface area contributed by atoms with E-state index in [1.165, 1.54) is 18.3 Å². The quantitative estimate of drug-likeness (QED) is 0.745. The first kappa shape index (κ1) is 12.7. The number of hydrogen-bond acceptors (Lipinski definition) is 5. The molecule has 0 spiro atoms. The highest BCUT2D eigenvalue weighted by Gasteiger charge is 2.13. The van der Waals surface area contributed by atoms with E-state index in [4.69, 9.17) is 5.11 Å². The molecule has 0 saturated heterocycles. The molecule has 2 heterocycles. The van der Waals surface area contributed by atoms with Crippen LogP contribution >= 0.6 is 0 Å². The van der Waals surface area contributed by atoms with Crippen LogP contribution in [0.25, 0.3) is 0 Å². The molecule has 2 rings (SSSR count). The molecule has 98 valence electrons. The third-order valence-electron chi connectivity index (χ3n) is 2.32. The van der Waals surface area contributed by atoms with E-state index in [2.05, 4.69) is 25.5 Å². The van der Waals surface area contributed by atoms with Crippen molar-refractivity contribution in [2.24, 2.45) is 0 Å². The van der Waals surface area contributed by atoms with Gasteiger partial charge in [-0.2, -0.15) is 0 Å². The monoisotopic (exact) mass is 261 g/mol. The number of aromatic nitrogens is 4. The Morgan fingerprint density at radius 2 is 2.26 bits per heavy atom. The zero-order valence-corrected chi connectivity index (χ0v) is 10.0. The molecular weight excluding hydrogens is 250 g/mol. The van der Waals surface area contributed by atoms with Crippen LogP contribution in [0.15, 0.2) is 18.3 Å². The molecular formula is C11H11N5O3. The molecule has 0 unspecified atom stereocenters. The fraction of sp³-hybridized carbons (Fsp3) is 0.182. The van der Waals surface area contributed by atoms with Crippen LogP contribution in [0.4, 0.5) is 5.82 Å². The molecule has 2 aromatic rings. The Balaban J connectivity index is 2.14. The maximum atomic E-state index is 11.8. The number of aryl methyl sites for hydroxylation is 1. The van der Waals surface area contributed by atoms with Crippen LogP contribution in [0.2, 0.25) is 0 Å². The summed E-state index contributed by atoms with van der Waals surface area (Å²) < 4.78 is 0. The fourth-order valence-electron chi connectivity index (χ4n) is 1.36. The van der Waals surface area contributed by atoms with Crippen LogP contribution in [-0.4, -0.2) is 37.1 Å². The Hall–Kier alpha value is -2.77. The van der Waals surface area contributed by atoms with Gasteiger partial charge < -0.3 is 10.4 Å². The van der Waals surface area contributed by atoms with Crippen molar-refractivity contribution in [1.82, 2.24) is 20.2 Å². The molecule has 1 amide bonds. The number of nitrogens with one attached hydrogen (secondary N) is 2. The summed E-state index contributed by atoms with van der Waals surface area (Å²) in [4.78, 5) is 30.4. The Kier molecular flexibility index (Phi) is 3.51. The van der Waals surface area contributed by atoms with Crippen molar-refractivity contribution in [3.05, 3.63) is 35.5 Å². The molecule has 0 radical (unpaired) electrons. The lowest BCUT2D eigenvalue weighted by Crippen LogP contribution is -2.15. The summed E-state index contributed by atoms with van der Waals surface area (Å²) in [6.45, 7) is 1.88. The number of rotatable bonds is 4. The topological polar surface area (TPSA) is 121 Å². The Labute approximate surface area is 107 Å². The molecule has 8 nitrogen and oxygen atoms in total. The summed E-state index contributed by atoms with van der Waals surface area (Å²) >= 11 is 0. The van der Waals surface area contributed by atoms with Gasteiger partial charge in [0.15, 0.2) is 0 Å². The first-order valence-electron chi connectivity index (χ1n) is 5.52. The standard InChI is InChI=1S/C11H11N5O3/c1-2-7-13-9(16-15-7)10(17)14-8-5-6(11(18)19)3-4-12-8/h3-5H,2H2,1H3,(H,18,19)(H,12,14,17)(H,13,15,16). The van der Waals surface area contributed by atoms with E-state index < -0.39 is 11.9 Å². The molecule has 3 N–H and O–H groups in total. The van der Waals surface area contributed by atoms with Crippen LogP contribution in [-0.2, 0) is 6.42 Å². The van der Waals surface area contributed by atoms with E-state index in [1.807, 2.05) is 6.92 Å². The van der Waals surface area contributed by atoms with Crippen molar-refractivity contribution in [1.29, 1.82) is 0 Å². The van der Waals surface area contributed by atoms with E-state index >= 15 is 0 Å². The summed E-state index contributed by atoms with van der Waals surface area (Å²) in [7, 11) is 0. The van der Waals surface area contributed by atoms with Gasteiger partial charge in [-0.3, -0.25) is 9.89 Å². The highest BCUT2D eigenvalue weighted by Crippen LogP contribution is 2.08. The Morgan fingerprint density at radius 3 is 2.89 bits per heavy atom. The lowest BCUT2D eigenvalue weighted by atomic mass is 10.2. The summed E-state index contributed by atoms with van der Waals surface area (Å²) in [5, 5.41) is 17.6. The van der Waals surface area contributed by atoms with Gasteiger partial charge in [-0.25, -0.2) is 14.8 Å². The second kappa shape index (κ2) is 5.25. The SMILES string of the molecule is CCc1nc(C(=O)Nc2cc(C(=O)O)ccn2)n[nH]1. The number of carbonyl (C=O) groups is 2. The molecule has 8 heteroatoms. The van der Waals surface area contributed by atoms with E-state index in [0.29, 0.717) is 12.2 Å². The second-order valence-electron chi connectivity index (χ2n) is 3.65. The van der Waals surface area contributed by atoms with Crippen molar-refractivity contribution < 1.29 is 14.7 Å². The molecule has 0 aliphatic rings. The van der Waals surface area contributed by atoms with Crippen LogP contribution in [0, 0.1) is 0 Å². The van der Waals surface area contributed by atoms with Gasteiger partial charge in [0.2, 0.25) is 5.82 Å². The molecule has 19 heavy (non-hydrogen) atoms. The molecule has 0 bridgehead atoms. The Bertz CT molecular complexity index is 622. The van der Waals surface area contributed by atoms with Crippen LogP contribution < -0.4 is 5.32 Å².